The maximum absolute atomic E-state index is 11.3. The summed E-state index contributed by atoms with van der Waals surface area (Å²) in [7, 11) is 4.34. The van der Waals surface area contributed by atoms with E-state index in [2.05, 4.69) is 121 Å². The topological polar surface area (TPSA) is 63.9 Å². The number of aliphatic hydroxyl groups is 3. The Morgan fingerprint density at radius 2 is 0.676 bits per heavy atom. The van der Waals surface area contributed by atoms with Crippen LogP contribution in [0, 0.1) is 32.5 Å². The molecule has 0 saturated carbocycles. The summed E-state index contributed by atoms with van der Waals surface area (Å²) in [6.07, 6.45) is 5.96. The number of hydrogen-bond acceptors (Lipinski definition) is 4. The maximum atomic E-state index is 11.3. The zero-order valence-corrected chi connectivity index (χ0v) is 29.2. The standard InChI is InChI=1S/3C10H19O.C2H6N.Ti/c3*1-9(2,3)7-8(11)10(4,5)6;1-3-2;/h3*7,11H,4H2,1-3,5-6H3;1-2H3;/q;;;-1;+1. The van der Waals surface area contributed by atoms with Crippen LogP contribution in [0.25, 0.3) is 0 Å². The molecule has 0 fully saturated rings. The fourth-order valence-corrected chi connectivity index (χ4v) is 15.8. The average Bonchev–Trinajstić information content (AvgIpc) is 2.55. The molecule has 0 spiro atoms. The minimum absolute atomic E-state index is 0.130. The molecule has 0 saturated heterocycles. The molecular weight excluding hydrogens is 494 g/mol. The second-order valence-corrected chi connectivity index (χ2v) is 23.9. The number of allylic oxidation sites excluding steroid dienone is 6. The molecule has 5 heteroatoms. The molecule has 4 nitrogen and oxygen atoms in total. The van der Waals surface area contributed by atoms with Crippen molar-refractivity contribution < 1.29 is 32.2 Å². The van der Waals surface area contributed by atoms with Crippen molar-refractivity contribution in [3.63, 3.8) is 0 Å². The second kappa shape index (κ2) is 11.8. The average molecular weight is 558 g/mol. The van der Waals surface area contributed by atoms with Crippen LogP contribution in [0.1, 0.15) is 104 Å². The molecule has 3 N–H and O–H groups in total. The Hall–Kier alpha value is -0.706. The summed E-state index contributed by atoms with van der Waals surface area (Å²) in [6, 6.07) is 0. The van der Waals surface area contributed by atoms with Crippen molar-refractivity contribution >= 4 is 0 Å². The van der Waals surface area contributed by atoms with E-state index in [0.717, 1.165) is 14.2 Å². The summed E-state index contributed by atoms with van der Waals surface area (Å²) in [5.74, 6) is 1.28. The van der Waals surface area contributed by atoms with Crippen molar-refractivity contribution in [2.24, 2.45) is 32.5 Å². The summed E-state index contributed by atoms with van der Waals surface area (Å²) in [5, 5.41) is 34.0. The molecular formula is C32H63NO3Ti. The molecule has 0 rings (SSSR count). The van der Waals surface area contributed by atoms with Gasteiger partial charge in [0.2, 0.25) is 0 Å². The van der Waals surface area contributed by atoms with Gasteiger partial charge in [0.25, 0.3) is 0 Å². The van der Waals surface area contributed by atoms with E-state index < -0.39 is 33.1 Å². The fourth-order valence-electron chi connectivity index (χ4n) is 5.22. The zero-order valence-electron chi connectivity index (χ0n) is 27.6. The van der Waals surface area contributed by atoms with E-state index in [4.69, 9.17) is 0 Å². The third-order valence-corrected chi connectivity index (χ3v) is 17.2. The van der Waals surface area contributed by atoms with Crippen molar-refractivity contribution in [2.75, 3.05) is 14.1 Å². The Morgan fingerprint density at radius 3 is 0.811 bits per heavy atom. The van der Waals surface area contributed by atoms with E-state index in [1.54, 1.807) is 0 Å². The molecule has 0 radical (unpaired) electrons. The van der Waals surface area contributed by atoms with Gasteiger partial charge in [-0.1, -0.05) is 0 Å². The zero-order chi connectivity index (χ0) is 30.1. The predicted molar refractivity (Wildman–Crippen MR) is 160 cm³/mol. The van der Waals surface area contributed by atoms with E-state index in [-0.39, 0.29) is 16.2 Å². The van der Waals surface area contributed by atoms with Gasteiger partial charge in [0.05, 0.1) is 0 Å². The molecule has 0 aromatic heterocycles. The number of rotatable bonds is 10. The summed E-state index contributed by atoms with van der Waals surface area (Å²) in [6.45, 7) is 31.8. The molecule has 0 aromatic rings. The molecule has 37 heavy (non-hydrogen) atoms. The van der Waals surface area contributed by atoms with Crippen molar-refractivity contribution in [1.29, 1.82) is 0 Å². The number of nitrogens with zero attached hydrogens (tertiary/aromatic N) is 1. The molecule has 0 aliphatic rings. The first kappa shape index (κ1) is 36.3. The van der Waals surface area contributed by atoms with E-state index >= 15 is 0 Å². The summed E-state index contributed by atoms with van der Waals surface area (Å²) < 4.78 is 4.97. The van der Waals surface area contributed by atoms with Crippen LogP contribution < -0.4 is 0 Å². The van der Waals surface area contributed by atoms with Crippen LogP contribution in [0.5, 0.6) is 0 Å². The van der Waals surface area contributed by atoms with Crippen molar-refractivity contribution in [3.05, 3.63) is 35.5 Å². The number of hydrogen-bond donors (Lipinski definition) is 3. The Bertz CT molecular complexity index is 747. The van der Waals surface area contributed by atoms with Gasteiger partial charge in [-0.15, -0.1) is 0 Å². The first-order valence-corrected chi connectivity index (χ1v) is 17.9. The molecule has 0 atom stereocenters. The van der Waals surface area contributed by atoms with Crippen LogP contribution in [0.3, 0.4) is 0 Å². The first-order chi connectivity index (χ1) is 15.9. The van der Waals surface area contributed by atoms with Gasteiger partial charge in [-0.05, 0) is 0 Å². The predicted octanol–water partition coefficient (Wildman–Crippen LogP) is 10.4. The Morgan fingerprint density at radius 1 is 0.486 bits per heavy atom. The fraction of sp³-hybridized carbons (Fsp3) is 0.812. The summed E-state index contributed by atoms with van der Waals surface area (Å²) in [4.78, 5) is 0. The van der Waals surface area contributed by atoms with E-state index in [1.807, 2.05) is 18.2 Å². The van der Waals surface area contributed by atoms with Crippen LogP contribution in [-0.2, 0) is 16.8 Å². The van der Waals surface area contributed by atoms with Gasteiger partial charge >= 0.3 is 236 Å². The Labute approximate surface area is 235 Å². The minimum atomic E-state index is -3.17. The van der Waals surface area contributed by atoms with E-state index in [0.29, 0.717) is 17.3 Å². The van der Waals surface area contributed by atoms with Crippen LogP contribution in [0.4, 0.5) is 0 Å². The molecule has 0 amide bonds. The van der Waals surface area contributed by atoms with E-state index in [9.17, 15) is 15.3 Å². The van der Waals surface area contributed by atoms with Gasteiger partial charge in [0, 0.05) is 0 Å². The third-order valence-electron chi connectivity index (χ3n) is 7.05. The molecule has 0 aliphatic carbocycles. The van der Waals surface area contributed by atoms with Crippen LogP contribution in [-0.4, -0.2) is 32.8 Å². The van der Waals surface area contributed by atoms with Crippen molar-refractivity contribution in [2.45, 2.75) is 118 Å². The van der Waals surface area contributed by atoms with Crippen LogP contribution >= 0.6 is 0 Å². The Kier molecular flexibility index (Phi) is 11.6. The number of aliphatic hydroxyl groups excluding tert-OH is 3. The van der Waals surface area contributed by atoms with Gasteiger partial charge in [0.15, 0.2) is 0 Å². The van der Waals surface area contributed by atoms with Crippen molar-refractivity contribution in [3.8, 4) is 0 Å². The second-order valence-electron chi connectivity index (χ2n) is 17.0. The molecule has 0 heterocycles. The third kappa shape index (κ3) is 12.3. The first-order valence-electron chi connectivity index (χ1n) is 13.9. The monoisotopic (exact) mass is 557 g/mol. The Balaban J connectivity index is 7.05. The van der Waals surface area contributed by atoms with Gasteiger partial charge in [0.1, 0.15) is 0 Å². The molecule has 0 bridgehead atoms. The van der Waals surface area contributed by atoms with E-state index in [1.165, 1.54) is 0 Å². The molecule has 0 unspecified atom stereocenters. The quantitative estimate of drug-likeness (QED) is 0.185. The van der Waals surface area contributed by atoms with Gasteiger partial charge in [-0.25, -0.2) is 0 Å². The van der Waals surface area contributed by atoms with Gasteiger partial charge < -0.3 is 0 Å². The molecule has 0 aromatic carbocycles. The normalized spacial score (nSPS) is 17.8. The van der Waals surface area contributed by atoms with Crippen LogP contribution in [0.15, 0.2) is 35.5 Å². The molecule has 218 valence electrons. The summed E-state index contributed by atoms with van der Waals surface area (Å²) in [5.41, 5.74) is -1.69. The van der Waals surface area contributed by atoms with Crippen LogP contribution in [0.2, 0.25) is 14.2 Å². The molecule has 0 aliphatic heterocycles. The van der Waals surface area contributed by atoms with Gasteiger partial charge in [-0.3, -0.25) is 0 Å². The van der Waals surface area contributed by atoms with Crippen molar-refractivity contribution in [1.82, 2.24) is 3.38 Å². The SMILES string of the molecule is C[N](C)[Ti]([CH2]C(C)(C)C(O)=CC(C)(C)C)([CH2]C(C)(C)C(O)=CC(C)(C)C)[CH2]C(C)(C)C(O)=CC(C)(C)C. The summed E-state index contributed by atoms with van der Waals surface area (Å²) >= 11 is -3.17. The van der Waals surface area contributed by atoms with Gasteiger partial charge in [-0.2, -0.15) is 0 Å².